The Balaban J connectivity index is 0.000000135. The Morgan fingerprint density at radius 3 is 0.854 bits per heavy atom. The van der Waals surface area contributed by atoms with Gasteiger partial charge < -0.3 is 72.5 Å². The molecule has 0 aromatic heterocycles. The first-order valence-electron chi connectivity index (χ1n) is 53.7. The summed E-state index contributed by atoms with van der Waals surface area (Å²) in [4.78, 5) is 133. The smallest absolute Gasteiger partial charge is 0.344 e. The number of hydrogen-bond donors (Lipinski definition) is 4. The zero-order valence-electron chi connectivity index (χ0n) is 88.1. The molecule has 26 heteroatoms. The first-order valence-corrected chi connectivity index (χ1v) is 53.7. The summed E-state index contributed by atoms with van der Waals surface area (Å²) in [6.07, 6.45) is 33.2. The maximum absolute atomic E-state index is 12.5. The third kappa shape index (κ3) is 22.8. The molecule has 14 unspecified atom stereocenters. The van der Waals surface area contributed by atoms with Crippen LogP contribution in [0.1, 0.15) is 410 Å². The van der Waals surface area contributed by atoms with Crippen LogP contribution in [-0.4, -0.2) is 174 Å². The lowest BCUT2D eigenvalue weighted by molar-refractivity contribution is -0.265. The molecule has 23 rings (SSSR count). The van der Waals surface area contributed by atoms with Crippen LogP contribution in [0.2, 0.25) is 0 Å². The third-order valence-corrected chi connectivity index (χ3v) is 39.2. The van der Waals surface area contributed by atoms with Gasteiger partial charge in [-0.1, -0.05) is 55.4 Å². The molecule has 776 valence electrons. The van der Waals surface area contributed by atoms with Gasteiger partial charge in [0, 0.05) is 62.2 Å². The second kappa shape index (κ2) is 39.5. The molecule has 0 amide bonds. The summed E-state index contributed by atoms with van der Waals surface area (Å²) >= 11 is 0. The van der Waals surface area contributed by atoms with E-state index in [1.807, 2.05) is 104 Å². The van der Waals surface area contributed by atoms with Crippen molar-refractivity contribution in [2.24, 2.45) is 133 Å². The number of hydrogen-bond acceptors (Lipinski definition) is 26. The molecule has 26 nitrogen and oxygen atoms in total. The van der Waals surface area contributed by atoms with E-state index in [1.165, 1.54) is 77.0 Å². The SMILES string of the molecule is CCC(C)(C)C(=O)OC1(C)C2CC3CC(C2)CC1C3.CCC(C)(C)C(=O)OC1(C)C2CC3CC(C2)CC1C3.CCC(C)(C)C(=O)OC12CC3CC(O)(CC(O)(C3)C1)C2.CCC(C)(C)C(=O)OC12CC3CC(O)(CC(O)(C3)C1)C2.CCC(C)(C)C(=O)OCC(=O)OC1C2CC3C(=O)OC1C3C2.CCC(C)(C)C(=O)OCC(=O)OC1C2CC3C(=O)OC1C3C2.CCC1(OC(=O)C(C)(C)CC)CCCC1. The molecule has 4 N–H and O–H groups in total. The van der Waals surface area contributed by atoms with Crippen LogP contribution in [0.3, 0.4) is 0 Å². The maximum atomic E-state index is 12.5. The van der Waals surface area contributed by atoms with Gasteiger partial charge in [-0.05, 0) is 375 Å². The van der Waals surface area contributed by atoms with Gasteiger partial charge in [0.15, 0.2) is 13.2 Å². The number of esters is 11. The summed E-state index contributed by atoms with van der Waals surface area (Å²) in [5.74, 6) is 4.84. The minimum Gasteiger partial charge on any atom is -0.459 e. The highest BCUT2D eigenvalue weighted by molar-refractivity contribution is 5.83. The Hall–Kier alpha value is -5.99. The molecule has 0 spiro atoms. The third-order valence-electron chi connectivity index (χ3n) is 39.2. The summed E-state index contributed by atoms with van der Waals surface area (Å²) in [5, 5.41) is 42.6. The monoisotopic (exact) mass is 1930 g/mol. The average molecular weight is 1930 g/mol. The fourth-order valence-corrected chi connectivity index (χ4v) is 28.7. The second-order valence-electron chi connectivity index (χ2n) is 52.5. The number of fused-ring (bicyclic) bond motifs is 2. The second-order valence-corrected chi connectivity index (χ2v) is 52.5. The molecular formula is C111H176O26. The van der Waals surface area contributed by atoms with E-state index in [2.05, 4.69) is 34.6 Å². The molecule has 2 heterocycles. The van der Waals surface area contributed by atoms with E-state index in [0.717, 1.165) is 139 Å². The van der Waals surface area contributed by atoms with Gasteiger partial charge in [-0.2, -0.15) is 0 Å². The van der Waals surface area contributed by atoms with E-state index in [1.54, 1.807) is 27.7 Å². The quantitative estimate of drug-likeness (QED) is 0.0461. The fourth-order valence-electron chi connectivity index (χ4n) is 28.7. The standard InChI is InChI=1S/2C17H28O2.2C16H22O6.2C16H26O4.C13H24O2/c2*1-5-16(2,3)15(18)19-17(4)13-7-11-6-12(9-13)10-14(17)8-11;2*1-4-16(2,3)15(19)20-7-11(17)21-12-8-5-9-10(6-8)14(18)22-13(9)12;2*1-4-13(2,3)12(17)20-16-7-11-5-14(18,9-16)8-15(19,6-11)10-16;1-5-12(3,4)11(14)15-13(6-2)9-7-8-10-13/h2*11-14H,5-10H2,1-4H3;2*8-10,12-13H,4-7H2,1-3H3;2*11,18-19H,4-10H2,1-3H3;5-10H2,1-4H3. The van der Waals surface area contributed by atoms with Crippen LogP contribution in [-0.2, 0) is 105 Å². The summed E-state index contributed by atoms with van der Waals surface area (Å²) in [6, 6.07) is 0. The molecule has 14 atom stereocenters. The van der Waals surface area contributed by atoms with Crippen molar-refractivity contribution in [2.45, 2.75) is 485 Å². The Kier molecular flexibility index (Phi) is 31.2. The molecule has 137 heavy (non-hydrogen) atoms. The van der Waals surface area contributed by atoms with Crippen LogP contribution < -0.4 is 0 Å². The number of rotatable bonds is 26. The van der Waals surface area contributed by atoms with E-state index in [0.29, 0.717) is 75.0 Å². The van der Waals surface area contributed by atoms with Crippen LogP contribution in [0.15, 0.2) is 0 Å². The Morgan fingerprint density at radius 1 is 0.328 bits per heavy atom. The summed E-state index contributed by atoms with van der Waals surface area (Å²) in [5.41, 5.74) is -8.37. The first kappa shape index (κ1) is 108. The molecule has 21 saturated carbocycles. The highest BCUT2D eigenvalue weighted by Gasteiger charge is 2.70. The topological polar surface area (TPSA) is 370 Å². The molecule has 20 bridgehead atoms. The van der Waals surface area contributed by atoms with Gasteiger partial charge in [0.2, 0.25) is 0 Å². The molecular weight excluding hydrogens is 1750 g/mol. The minimum absolute atomic E-state index is 0.00636. The summed E-state index contributed by atoms with van der Waals surface area (Å²) in [7, 11) is 0. The van der Waals surface area contributed by atoms with Crippen LogP contribution in [0.4, 0.5) is 0 Å². The predicted octanol–water partition coefficient (Wildman–Crippen LogP) is 19.3. The van der Waals surface area contributed by atoms with Crippen molar-refractivity contribution in [1.82, 2.24) is 0 Å². The number of carbonyl (C=O) groups excluding carboxylic acids is 11. The largest absolute Gasteiger partial charge is 0.459 e. The molecule has 21 aliphatic carbocycles. The highest BCUT2D eigenvalue weighted by Crippen LogP contribution is 2.66. The normalized spacial score (nSPS) is 39.5. The van der Waals surface area contributed by atoms with Gasteiger partial charge >= 0.3 is 65.7 Å². The van der Waals surface area contributed by atoms with E-state index in [4.69, 9.17) is 52.1 Å². The van der Waals surface area contributed by atoms with Crippen molar-refractivity contribution >= 4 is 65.7 Å². The Labute approximate surface area is 817 Å². The van der Waals surface area contributed by atoms with Gasteiger partial charge in [-0.3, -0.25) is 43.2 Å². The lowest BCUT2D eigenvalue weighted by Gasteiger charge is -2.62. The van der Waals surface area contributed by atoms with Crippen LogP contribution in [0.5, 0.6) is 0 Å². The first-order chi connectivity index (χ1) is 63.5. The average Bonchev–Trinajstić information content (AvgIpc) is 1.62. The zero-order valence-corrected chi connectivity index (χ0v) is 88.1. The van der Waals surface area contributed by atoms with E-state index in [-0.39, 0.29) is 160 Å². The number of aliphatic hydroxyl groups is 4. The van der Waals surface area contributed by atoms with Crippen molar-refractivity contribution in [3.05, 3.63) is 0 Å². The minimum atomic E-state index is -0.842. The van der Waals surface area contributed by atoms with Crippen molar-refractivity contribution in [2.75, 3.05) is 13.2 Å². The zero-order chi connectivity index (χ0) is 101. The predicted molar refractivity (Wildman–Crippen MR) is 510 cm³/mol. The van der Waals surface area contributed by atoms with Gasteiger partial charge in [-0.25, -0.2) is 9.59 Å². The van der Waals surface area contributed by atoms with Crippen molar-refractivity contribution in [3.63, 3.8) is 0 Å². The van der Waals surface area contributed by atoms with Crippen LogP contribution >= 0.6 is 0 Å². The Bertz CT molecular complexity index is 4080. The molecule has 2 aliphatic heterocycles. The summed E-state index contributed by atoms with van der Waals surface area (Å²) in [6.45, 7) is 46.3. The molecule has 2 saturated heterocycles. The molecule has 0 aromatic carbocycles. The van der Waals surface area contributed by atoms with E-state index in [9.17, 15) is 73.2 Å². The van der Waals surface area contributed by atoms with Gasteiger partial charge in [0.1, 0.15) is 52.4 Å². The van der Waals surface area contributed by atoms with E-state index < -0.39 is 79.1 Å². The summed E-state index contributed by atoms with van der Waals surface area (Å²) < 4.78 is 61.3. The Morgan fingerprint density at radius 2 is 0.591 bits per heavy atom. The van der Waals surface area contributed by atoms with Crippen molar-refractivity contribution in [3.8, 4) is 0 Å². The van der Waals surface area contributed by atoms with Crippen LogP contribution in [0, 0.1) is 133 Å². The molecule has 23 fully saturated rings. The number of carbonyl (C=O) groups is 11. The highest BCUT2D eigenvalue weighted by atomic mass is 16.6. The van der Waals surface area contributed by atoms with Gasteiger partial charge in [0.05, 0.1) is 72.1 Å². The lowest BCUT2D eigenvalue weighted by atomic mass is 9.50. The van der Waals surface area contributed by atoms with Crippen molar-refractivity contribution < 1.29 is 125 Å². The van der Waals surface area contributed by atoms with Crippen LogP contribution in [0.25, 0.3) is 0 Å². The number of ether oxygens (including phenoxy) is 11. The lowest BCUT2D eigenvalue weighted by Crippen LogP contribution is -2.67. The molecule has 0 radical (unpaired) electrons. The van der Waals surface area contributed by atoms with E-state index >= 15 is 0 Å². The van der Waals surface area contributed by atoms with Gasteiger partial charge in [-0.15, -0.1) is 0 Å². The maximum Gasteiger partial charge on any atom is 0.344 e. The fraction of sp³-hybridized carbons (Fsp3) is 0.901. The van der Waals surface area contributed by atoms with Gasteiger partial charge in [0.25, 0.3) is 0 Å². The molecule has 0 aromatic rings. The molecule has 23 aliphatic rings. The van der Waals surface area contributed by atoms with Crippen molar-refractivity contribution in [1.29, 1.82) is 0 Å².